The van der Waals surface area contributed by atoms with Crippen molar-refractivity contribution in [2.75, 3.05) is 18.8 Å². The first kappa shape index (κ1) is 15.7. The van der Waals surface area contributed by atoms with Gasteiger partial charge in [0.05, 0.1) is 0 Å². The van der Waals surface area contributed by atoms with E-state index < -0.39 is 20.7 Å². The van der Waals surface area contributed by atoms with Crippen molar-refractivity contribution in [2.45, 2.75) is 25.7 Å². The molecule has 0 bridgehead atoms. The number of aryl methyl sites for hydroxylation is 1. The monoisotopic (exact) mass is 286 g/mol. The highest BCUT2D eigenvalue weighted by Gasteiger charge is 2.26. The summed E-state index contributed by atoms with van der Waals surface area (Å²) in [5.41, 5.74) is 7.12. The van der Waals surface area contributed by atoms with E-state index in [-0.39, 0.29) is 18.8 Å². The van der Waals surface area contributed by atoms with E-state index in [4.69, 9.17) is 5.73 Å². The maximum Gasteiger partial charge on any atom is 0.246 e. The molecule has 0 radical (unpaired) electrons. The molecule has 1 rings (SSSR count). The second-order valence-corrected chi connectivity index (χ2v) is 6.43. The van der Waals surface area contributed by atoms with Gasteiger partial charge in [-0.1, -0.05) is 19.1 Å². The molecule has 1 aromatic carbocycles. The van der Waals surface area contributed by atoms with Crippen LogP contribution in [-0.4, -0.2) is 25.8 Å². The van der Waals surface area contributed by atoms with Crippen LogP contribution in [0.5, 0.6) is 0 Å². The summed E-state index contributed by atoms with van der Waals surface area (Å²) in [6.45, 7) is 9.11. The zero-order valence-electron chi connectivity index (χ0n) is 11.4. The molecular formula is C13H19FN2O2S. The SMILES string of the molecule is C=C(C)CN(CC)S(=O)(=O)c1cc(N)c(C)cc1F. The molecule has 0 aliphatic carbocycles. The molecule has 2 N–H and O–H groups in total. The molecule has 0 amide bonds. The van der Waals surface area contributed by atoms with Crippen LogP contribution in [0.25, 0.3) is 0 Å². The number of hydrogen-bond donors (Lipinski definition) is 1. The summed E-state index contributed by atoms with van der Waals surface area (Å²) in [6.07, 6.45) is 0. The van der Waals surface area contributed by atoms with Gasteiger partial charge in [-0.25, -0.2) is 12.8 Å². The lowest BCUT2D eigenvalue weighted by atomic mass is 10.2. The van der Waals surface area contributed by atoms with Gasteiger partial charge in [-0.05, 0) is 31.5 Å². The molecule has 0 aliphatic rings. The zero-order valence-corrected chi connectivity index (χ0v) is 12.2. The Balaban J connectivity index is 3.33. The number of halogens is 1. The van der Waals surface area contributed by atoms with Gasteiger partial charge in [0.2, 0.25) is 10.0 Å². The van der Waals surface area contributed by atoms with Crippen LogP contribution in [0.1, 0.15) is 19.4 Å². The summed E-state index contributed by atoms with van der Waals surface area (Å²) in [4.78, 5) is -0.390. The van der Waals surface area contributed by atoms with E-state index >= 15 is 0 Å². The third-order valence-electron chi connectivity index (χ3n) is 2.74. The van der Waals surface area contributed by atoms with Crippen LogP contribution in [0.2, 0.25) is 0 Å². The van der Waals surface area contributed by atoms with Gasteiger partial charge in [-0.15, -0.1) is 0 Å². The third-order valence-corrected chi connectivity index (χ3v) is 4.67. The van der Waals surface area contributed by atoms with E-state index in [0.29, 0.717) is 11.1 Å². The summed E-state index contributed by atoms with van der Waals surface area (Å²) in [5.74, 6) is -0.785. The maximum absolute atomic E-state index is 13.9. The number of hydrogen-bond acceptors (Lipinski definition) is 3. The Hall–Kier alpha value is -1.40. The first-order valence-corrected chi connectivity index (χ1v) is 7.34. The van der Waals surface area contributed by atoms with Crippen molar-refractivity contribution in [3.63, 3.8) is 0 Å². The van der Waals surface area contributed by atoms with Crippen molar-refractivity contribution in [3.8, 4) is 0 Å². The van der Waals surface area contributed by atoms with Crippen LogP contribution in [-0.2, 0) is 10.0 Å². The Morgan fingerprint density at radius 1 is 1.47 bits per heavy atom. The number of nitrogens with two attached hydrogens (primary N) is 1. The molecule has 0 fully saturated rings. The normalized spacial score (nSPS) is 11.8. The molecule has 0 spiro atoms. The quantitative estimate of drug-likeness (QED) is 0.667. The number of sulfonamides is 1. The number of anilines is 1. The molecular weight excluding hydrogens is 267 g/mol. The fraction of sp³-hybridized carbons (Fsp3) is 0.385. The van der Waals surface area contributed by atoms with Crippen LogP contribution in [0.3, 0.4) is 0 Å². The lowest BCUT2D eigenvalue weighted by molar-refractivity contribution is 0.447. The molecule has 4 nitrogen and oxygen atoms in total. The van der Waals surface area contributed by atoms with Gasteiger partial charge < -0.3 is 5.73 Å². The predicted molar refractivity (Wildman–Crippen MR) is 74.8 cm³/mol. The standard InChI is InChI=1S/C13H19FN2O2S/c1-5-16(8-9(2)3)19(17,18)13-7-12(15)10(4)6-11(13)14/h6-7H,2,5,8,15H2,1,3-4H3. The molecule has 6 heteroatoms. The number of nitrogens with zero attached hydrogens (tertiary/aromatic N) is 1. The first-order valence-electron chi connectivity index (χ1n) is 5.90. The zero-order chi connectivity index (χ0) is 14.8. The molecule has 106 valence electrons. The molecule has 0 heterocycles. The van der Waals surface area contributed by atoms with Crippen molar-refractivity contribution in [1.29, 1.82) is 0 Å². The maximum atomic E-state index is 13.9. The summed E-state index contributed by atoms with van der Waals surface area (Å²) in [6, 6.07) is 2.30. The molecule has 0 saturated heterocycles. The molecule has 1 aromatic rings. The Morgan fingerprint density at radius 3 is 2.53 bits per heavy atom. The topological polar surface area (TPSA) is 63.4 Å². The molecule has 0 aromatic heterocycles. The Kier molecular flexibility index (Phi) is 4.70. The Labute approximate surface area is 113 Å². The van der Waals surface area contributed by atoms with Crippen LogP contribution in [0.4, 0.5) is 10.1 Å². The number of likely N-dealkylation sites (N-methyl/N-ethyl adjacent to an activating group) is 1. The van der Waals surface area contributed by atoms with E-state index in [0.717, 1.165) is 6.07 Å². The van der Waals surface area contributed by atoms with Crippen molar-refractivity contribution >= 4 is 15.7 Å². The third kappa shape index (κ3) is 3.33. The second kappa shape index (κ2) is 5.71. The van der Waals surface area contributed by atoms with Crippen LogP contribution in [0.15, 0.2) is 29.2 Å². The van der Waals surface area contributed by atoms with Crippen LogP contribution in [0, 0.1) is 12.7 Å². The van der Waals surface area contributed by atoms with Gasteiger partial charge in [0.15, 0.2) is 0 Å². The van der Waals surface area contributed by atoms with Gasteiger partial charge >= 0.3 is 0 Å². The van der Waals surface area contributed by atoms with E-state index in [1.807, 2.05) is 0 Å². The van der Waals surface area contributed by atoms with Crippen molar-refractivity contribution in [1.82, 2.24) is 4.31 Å². The average molecular weight is 286 g/mol. The Bertz CT molecular complexity index is 597. The predicted octanol–water partition coefficient (Wildman–Crippen LogP) is 2.30. The van der Waals surface area contributed by atoms with Gasteiger partial charge in [-0.2, -0.15) is 4.31 Å². The molecule has 0 unspecified atom stereocenters. The molecule has 0 aliphatic heterocycles. The first-order chi connectivity index (χ1) is 8.70. The van der Waals surface area contributed by atoms with Gasteiger partial charge in [-0.3, -0.25) is 0 Å². The van der Waals surface area contributed by atoms with E-state index in [9.17, 15) is 12.8 Å². The van der Waals surface area contributed by atoms with E-state index in [2.05, 4.69) is 6.58 Å². The fourth-order valence-corrected chi connectivity index (χ4v) is 3.26. The van der Waals surface area contributed by atoms with Crippen LogP contribution < -0.4 is 5.73 Å². The lowest BCUT2D eigenvalue weighted by Gasteiger charge is -2.21. The summed E-state index contributed by atoms with van der Waals surface area (Å²) in [7, 11) is -3.90. The van der Waals surface area contributed by atoms with Crippen molar-refractivity contribution < 1.29 is 12.8 Å². The van der Waals surface area contributed by atoms with Gasteiger partial charge in [0.1, 0.15) is 10.7 Å². The highest BCUT2D eigenvalue weighted by Crippen LogP contribution is 2.24. The lowest BCUT2D eigenvalue weighted by Crippen LogP contribution is -2.33. The van der Waals surface area contributed by atoms with Gasteiger partial charge in [0, 0.05) is 18.8 Å². The smallest absolute Gasteiger partial charge is 0.246 e. The summed E-state index contributed by atoms with van der Waals surface area (Å²) in [5, 5.41) is 0. The van der Waals surface area contributed by atoms with Crippen molar-refractivity contribution in [3.05, 3.63) is 35.7 Å². The fourth-order valence-electron chi connectivity index (χ4n) is 1.67. The molecule has 0 atom stereocenters. The second-order valence-electron chi connectivity index (χ2n) is 4.53. The number of nitrogen functional groups attached to an aromatic ring is 1. The highest BCUT2D eigenvalue weighted by molar-refractivity contribution is 7.89. The van der Waals surface area contributed by atoms with Crippen LogP contribution >= 0.6 is 0 Å². The number of rotatable bonds is 5. The largest absolute Gasteiger partial charge is 0.398 e. The Morgan fingerprint density at radius 2 is 2.05 bits per heavy atom. The van der Waals surface area contributed by atoms with E-state index in [1.165, 1.54) is 10.4 Å². The minimum absolute atomic E-state index is 0.159. The van der Waals surface area contributed by atoms with E-state index in [1.54, 1.807) is 20.8 Å². The number of benzene rings is 1. The van der Waals surface area contributed by atoms with Gasteiger partial charge in [0.25, 0.3) is 0 Å². The summed E-state index contributed by atoms with van der Waals surface area (Å²) >= 11 is 0. The average Bonchev–Trinajstić information content (AvgIpc) is 2.30. The van der Waals surface area contributed by atoms with Crippen molar-refractivity contribution in [2.24, 2.45) is 0 Å². The minimum Gasteiger partial charge on any atom is -0.398 e. The molecule has 19 heavy (non-hydrogen) atoms. The highest BCUT2D eigenvalue weighted by atomic mass is 32.2. The molecule has 0 saturated carbocycles. The minimum atomic E-state index is -3.90. The summed E-state index contributed by atoms with van der Waals surface area (Å²) < 4.78 is 39.8.